The Hall–Kier alpha value is -2.41. The van der Waals surface area contributed by atoms with Crippen LogP contribution in [0.15, 0.2) is 58.2 Å². The summed E-state index contributed by atoms with van der Waals surface area (Å²) in [7, 11) is 0. The van der Waals surface area contributed by atoms with Crippen LogP contribution in [0.3, 0.4) is 0 Å². The molecule has 0 radical (unpaired) electrons. The third-order valence-corrected chi connectivity index (χ3v) is 5.30. The summed E-state index contributed by atoms with van der Waals surface area (Å²) in [5.74, 6) is -0.382. The Morgan fingerprint density at radius 2 is 2.04 bits per heavy atom. The molecule has 27 heavy (non-hydrogen) atoms. The molecule has 2 atom stereocenters. The second-order valence-electron chi connectivity index (χ2n) is 6.52. The quantitative estimate of drug-likeness (QED) is 0.557. The highest BCUT2D eigenvalue weighted by molar-refractivity contribution is 9.10. The fraction of sp³-hybridized carbons (Fsp3) is 0.300. The van der Waals surface area contributed by atoms with Gasteiger partial charge in [-0.1, -0.05) is 47.6 Å². The zero-order valence-corrected chi connectivity index (χ0v) is 16.4. The topological polar surface area (TPSA) is 62.1 Å². The van der Waals surface area contributed by atoms with Crippen molar-refractivity contribution in [1.29, 1.82) is 0 Å². The van der Waals surface area contributed by atoms with Crippen molar-refractivity contribution in [3.8, 4) is 0 Å². The molecule has 2 aromatic rings. The van der Waals surface area contributed by atoms with Crippen LogP contribution in [0.2, 0.25) is 0 Å². The summed E-state index contributed by atoms with van der Waals surface area (Å²) < 4.78 is 20.2. The van der Waals surface area contributed by atoms with Gasteiger partial charge in [0.1, 0.15) is 12.4 Å². The molecular formula is C20H20BrFN2O3. The van der Waals surface area contributed by atoms with Crippen molar-refractivity contribution < 1.29 is 19.1 Å². The predicted molar refractivity (Wildman–Crippen MR) is 103 cm³/mol. The molecule has 7 heteroatoms. The van der Waals surface area contributed by atoms with E-state index >= 15 is 0 Å². The van der Waals surface area contributed by atoms with Gasteiger partial charge in [0.15, 0.2) is 0 Å². The Kier molecular flexibility index (Phi) is 6.11. The molecule has 0 bridgehead atoms. The second-order valence-corrected chi connectivity index (χ2v) is 7.38. The van der Waals surface area contributed by atoms with Gasteiger partial charge in [-0.3, -0.25) is 4.90 Å². The molecule has 0 aromatic heterocycles. The lowest BCUT2D eigenvalue weighted by Crippen LogP contribution is -2.43. The molecular weight excluding hydrogens is 415 g/mol. The van der Waals surface area contributed by atoms with Crippen LogP contribution >= 0.6 is 15.9 Å². The number of ether oxygens (including phenoxy) is 1. The number of carbonyl (C=O) groups is 1. The van der Waals surface area contributed by atoms with E-state index in [2.05, 4.69) is 21.1 Å². The molecule has 1 N–H and O–H groups in total. The first kappa shape index (κ1) is 19.4. The first-order chi connectivity index (χ1) is 13.0. The van der Waals surface area contributed by atoms with Gasteiger partial charge in [0.05, 0.1) is 16.2 Å². The molecule has 142 valence electrons. The molecule has 0 aliphatic carbocycles. The van der Waals surface area contributed by atoms with Gasteiger partial charge in [-0.25, -0.2) is 9.18 Å². The summed E-state index contributed by atoms with van der Waals surface area (Å²) in [5.41, 5.74) is 1.76. The highest BCUT2D eigenvalue weighted by Gasteiger charge is 2.41. The minimum Gasteiger partial charge on any atom is -0.445 e. The number of amides is 1. The first-order valence-corrected chi connectivity index (χ1v) is 9.43. The zero-order valence-electron chi connectivity index (χ0n) is 14.8. The average molecular weight is 435 g/mol. The van der Waals surface area contributed by atoms with Gasteiger partial charge in [-0.2, -0.15) is 0 Å². The van der Waals surface area contributed by atoms with Crippen LogP contribution in [0, 0.1) is 5.82 Å². The maximum atomic E-state index is 14.4. The van der Waals surface area contributed by atoms with Gasteiger partial charge in [-0.05, 0) is 40.0 Å². The molecule has 5 nitrogen and oxygen atoms in total. The van der Waals surface area contributed by atoms with Crippen LogP contribution in [0.1, 0.15) is 24.5 Å². The smallest absolute Gasteiger partial charge is 0.410 e. The van der Waals surface area contributed by atoms with E-state index in [1.165, 1.54) is 4.90 Å². The summed E-state index contributed by atoms with van der Waals surface area (Å²) >= 11 is 3.17. The van der Waals surface area contributed by atoms with Crippen LogP contribution < -0.4 is 0 Å². The normalized spacial score (nSPS) is 20.9. The number of oxime groups is 1. The molecule has 1 aliphatic heterocycles. The Balaban J connectivity index is 1.78. The molecule has 1 unspecified atom stereocenters. The van der Waals surface area contributed by atoms with E-state index in [0.29, 0.717) is 22.2 Å². The van der Waals surface area contributed by atoms with E-state index < -0.39 is 12.1 Å². The number of benzene rings is 2. The number of rotatable bonds is 4. The lowest BCUT2D eigenvalue weighted by atomic mass is 10.0. The Labute approximate surface area is 165 Å². The van der Waals surface area contributed by atoms with Gasteiger partial charge < -0.3 is 9.94 Å². The molecule has 1 amide bonds. The first-order valence-electron chi connectivity index (χ1n) is 8.64. The van der Waals surface area contributed by atoms with Crippen LogP contribution in [0.4, 0.5) is 9.18 Å². The highest BCUT2D eigenvalue weighted by Crippen LogP contribution is 2.28. The van der Waals surface area contributed by atoms with Gasteiger partial charge >= 0.3 is 6.09 Å². The highest BCUT2D eigenvalue weighted by atomic mass is 79.9. The van der Waals surface area contributed by atoms with Crippen molar-refractivity contribution >= 4 is 27.7 Å². The van der Waals surface area contributed by atoms with Crippen LogP contribution in [0.5, 0.6) is 0 Å². The fourth-order valence-electron chi connectivity index (χ4n) is 3.34. The van der Waals surface area contributed by atoms with E-state index in [1.54, 1.807) is 18.2 Å². The predicted octanol–water partition coefficient (Wildman–Crippen LogP) is 4.76. The molecule has 3 rings (SSSR count). The fourth-order valence-corrected chi connectivity index (χ4v) is 3.75. The molecule has 1 aliphatic rings. The molecule has 1 fully saturated rings. The average Bonchev–Trinajstić information content (AvgIpc) is 2.99. The van der Waals surface area contributed by atoms with E-state index in [9.17, 15) is 14.4 Å². The van der Waals surface area contributed by atoms with Crippen LogP contribution in [-0.4, -0.2) is 34.0 Å². The van der Waals surface area contributed by atoms with E-state index in [4.69, 9.17) is 4.74 Å². The standard InChI is InChI=1S/C20H20BrFN2O3/c1-13-10-17(23-26)18(11-15-8-5-9-16(21)19(15)22)24(13)20(25)27-12-14-6-3-2-4-7-14/h2-9,13,18,26H,10-12H2,1H3/b23-17+/t13-,18?/m1/s1. The Bertz CT molecular complexity index is 844. The number of nitrogens with zero attached hydrogens (tertiary/aromatic N) is 2. The summed E-state index contributed by atoms with van der Waals surface area (Å²) in [5, 5.41) is 12.7. The number of carbonyl (C=O) groups excluding carboxylic acids is 1. The summed E-state index contributed by atoms with van der Waals surface area (Å²) in [4.78, 5) is 14.2. The van der Waals surface area contributed by atoms with E-state index in [0.717, 1.165) is 5.56 Å². The Morgan fingerprint density at radius 3 is 2.74 bits per heavy atom. The van der Waals surface area contributed by atoms with Crippen molar-refractivity contribution in [1.82, 2.24) is 4.90 Å². The summed E-state index contributed by atoms with van der Waals surface area (Å²) in [6.07, 6.45) is 0.109. The largest absolute Gasteiger partial charge is 0.445 e. The molecule has 1 saturated heterocycles. The number of hydrogen-bond acceptors (Lipinski definition) is 4. The van der Waals surface area contributed by atoms with Gasteiger partial charge in [0.2, 0.25) is 0 Å². The molecule has 0 spiro atoms. The van der Waals surface area contributed by atoms with E-state index in [1.807, 2.05) is 37.3 Å². The van der Waals surface area contributed by atoms with Crippen molar-refractivity contribution in [2.45, 2.75) is 38.5 Å². The van der Waals surface area contributed by atoms with Gasteiger partial charge in [0.25, 0.3) is 0 Å². The van der Waals surface area contributed by atoms with E-state index in [-0.39, 0.29) is 24.9 Å². The SMILES string of the molecule is C[C@@H]1C/C(=N\O)C(Cc2cccc(Br)c2F)N1C(=O)OCc1ccccc1. The number of halogens is 2. The number of hydrogen-bond donors (Lipinski definition) is 1. The molecule has 0 saturated carbocycles. The van der Waals surface area contributed by atoms with Crippen LogP contribution in [-0.2, 0) is 17.8 Å². The maximum absolute atomic E-state index is 14.4. The van der Waals surface area contributed by atoms with Gasteiger partial charge in [-0.15, -0.1) is 0 Å². The van der Waals surface area contributed by atoms with Gasteiger partial charge in [0, 0.05) is 18.9 Å². The van der Waals surface area contributed by atoms with Crippen molar-refractivity contribution in [3.05, 3.63) is 69.9 Å². The third kappa shape index (κ3) is 4.30. The van der Waals surface area contributed by atoms with Crippen LogP contribution in [0.25, 0.3) is 0 Å². The zero-order chi connectivity index (χ0) is 19.4. The summed E-state index contributed by atoms with van der Waals surface area (Å²) in [6.45, 7) is 2.00. The van der Waals surface area contributed by atoms with Crippen molar-refractivity contribution in [2.75, 3.05) is 0 Å². The minimum atomic E-state index is -0.558. The van der Waals surface area contributed by atoms with Crippen molar-refractivity contribution in [3.63, 3.8) is 0 Å². The minimum absolute atomic E-state index is 0.145. The molecule has 2 aromatic carbocycles. The second kappa shape index (κ2) is 8.52. The third-order valence-electron chi connectivity index (χ3n) is 4.69. The Morgan fingerprint density at radius 1 is 1.30 bits per heavy atom. The van der Waals surface area contributed by atoms with Crippen molar-refractivity contribution in [2.24, 2.45) is 5.16 Å². The monoisotopic (exact) mass is 434 g/mol. The summed E-state index contributed by atoms with van der Waals surface area (Å²) in [6, 6.07) is 13.6. The lowest BCUT2D eigenvalue weighted by molar-refractivity contribution is 0.0835. The maximum Gasteiger partial charge on any atom is 0.410 e. The molecule has 1 heterocycles. The lowest BCUT2D eigenvalue weighted by Gasteiger charge is -2.27. The number of likely N-dealkylation sites (tertiary alicyclic amines) is 1.